The van der Waals surface area contributed by atoms with Crippen LogP contribution in [0.15, 0.2) is 176 Å². The summed E-state index contributed by atoms with van der Waals surface area (Å²) >= 11 is 17.5. The van der Waals surface area contributed by atoms with Crippen molar-refractivity contribution in [3.05, 3.63) is 248 Å². The zero-order chi connectivity index (χ0) is 76.8. The van der Waals surface area contributed by atoms with Crippen LogP contribution < -0.4 is 9.47 Å². The second-order valence-corrected chi connectivity index (χ2v) is 32.9. The lowest BCUT2D eigenvalue weighted by atomic mass is 9.68. The summed E-state index contributed by atoms with van der Waals surface area (Å²) < 4.78 is 135. The Morgan fingerprint density at radius 1 is 0.290 bits per heavy atom. The number of benzene rings is 8. The van der Waals surface area contributed by atoms with Crippen LogP contribution in [0.5, 0.6) is 11.5 Å². The van der Waals surface area contributed by atoms with Crippen molar-refractivity contribution in [1.29, 1.82) is 0 Å². The molecule has 2 nitrogen and oxygen atoms in total. The van der Waals surface area contributed by atoms with Gasteiger partial charge in [-0.2, -0.15) is 0 Å². The summed E-state index contributed by atoms with van der Waals surface area (Å²) in [6.07, 6.45) is 21.4. The van der Waals surface area contributed by atoms with E-state index in [-0.39, 0.29) is 29.1 Å². The summed E-state index contributed by atoms with van der Waals surface area (Å²) in [6, 6.07) is 50.3. The van der Waals surface area contributed by atoms with E-state index in [4.69, 9.17) is 34.8 Å². The second kappa shape index (κ2) is 41.0. The molecule has 578 valence electrons. The standard InChI is InChI=1S/C20H26F4O.C20H27F3O.C13H10ClF.2C13H17Cl.C13H10F2/c1-13-2-4-14(5-3-13)15-6-8-16(9-7-15)17-10-11-19(18(21)12-17)25-20(22,23)24;1-14-2-4-15(5-3-14)16-6-8-17(9-7-16)18-10-12-19(13-11-18)24-20(21,22)23;1-9-2-7-12(13(15)8-9)10-3-5-11(14)6-4-10;2*1-10-2-4-11(5-3-10)12-6-8-13(14)9-7-12;1-9-2-7-12(13(15)8-9)10-3-5-11(14)6-4-10/h10-16H,2-9H2,1H3;10-17H,2-9H2,1H3;2-8H,1H3;2*6-11H,2-5H2,1H3;2-8H,1H3. The molecule has 6 fully saturated rings. The fraction of sp³-hybridized carbons (Fsp3) is 0.478. The van der Waals surface area contributed by atoms with E-state index < -0.39 is 24.3 Å². The number of hydrogen-bond acceptors (Lipinski definition) is 2. The van der Waals surface area contributed by atoms with Crippen molar-refractivity contribution < 1.29 is 53.4 Å². The largest absolute Gasteiger partial charge is 0.573 e. The Bertz CT molecular complexity index is 3750. The molecule has 0 saturated heterocycles. The fourth-order valence-electron chi connectivity index (χ4n) is 16.9. The minimum atomic E-state index is -4.86. The Morgan fingerprint density at radius 3 is 0.897 bits per heavy atom. The van der Waals surface area contributed by atoms with Gasteiger partial charge in [0.1, 0.15) is 23.2 Å². The van der Waals surface area contributed by atoms with E-state index in [9.17, 15) is 43.9 Å². The summed E-state index contributed by atoms with van der Waals surface area (Å²) in [5.41, 5.74) is 9.33. The number of aryl methyl sites for hydroxylation is 2. The number of alkyl halides is 6. The minimum Gasteiger partial charge on any atom is -0.406 e. The number of halogens is 13. The summed E-state index contributed by atoms with van der Waals surface area (Å²) in [5, 5.41) is 2.35. The van der Waals surface area contributed by atoms with Crippen LogP contribution in [-0.2, 0) is 0 Å². The molecule has 0 heterocycles. The van der Waals surface area contributed by atoms with Crippen molar-refractivity contribution in [3.63, 3.8) is 0 Å². The predicted octanol–water partition coefficient (Wildman–Crippen LogP) is 31.2. The van der Waals surface area contributed by atoms with Crippen LogP contribution in [0.2, 0.25) is 15.1 Å². The Balaban J connectivity index is 0.000000151. The molecule has 0 unspecified atom stereocenters. The first kappa shape index (κ1) is 84.5. The van der Waals surface area contributed by atoms with Gasteiger partial charge in [0, 0.05) is 26.2 Å². The molecule has 6 aliphatic rings. The van der Waals surface area contributed by atoms with E-state index in [1.54, 1.807) is 54.6 Å². The van der Waals surface area contributed by atoms with Gasteiger partial charge in [0.15, 0.2) is 11.6 Å². The summed E-state index contributed by atoms with van der Waals surface area (Å²) in [4.78, 5) is 0. The molecule has 0 atom stereocenters. The quantitative estimate of drug-likeness (QED) is 0.127. The number of hydrogen-bond donors (Lipinski definition) is 0. The van der Waals surface area contributed by atoms with Gasteiger partial charge in [0.05, 0.1) is 0 Å². The van der Waals surface area contributed by atoms with E-state index in [1.807, 2.05) is 62.4 Å². The molecule has 6 saturated carbocycles. The van der Waals surface area contributed by atoms with E-state index in [1.165, 1.54) is 169 Å². The van der Waals surface area contributed by atoms with Crippen molar-refractivity contribution in [2.75, 3.05) is 0 Å². The van der Waals surface area contributed by atoms with Gasteiger partial charge < -0.3 is 9.47 Å². The van der Waals surface area contributed by atoms with E-state index in [0.717, 1.165) is 142 Å². The smallest absolute Gasteiger partial charge is 0.406 e. The van der Waals surface area contributed by atoms with E-state index in [0.29, 0.717) is 27.6 Å². The van der Waals surface area contributed by atoms with Crippen molar-refractivity contribution in [2.45, 2.75) is 232 Å². The third-order valence-corrected chi connectivity index (χ3v) is 24.3. The fourth-order valence-corrected chi connectivity index (χ4v) is 17.3. The average molecular weight is 1540 g/mol. The molecule has 0 spiro atoms. The highest BCUT2D eigenvalue weighted by molar-refractivity contribution is 6.31. The number of rotatable bonds is 10. The first-order chi connectivity index (χ1) is 51.1. The molecule has 0 aromatic heterocycles. The van der Waals surface area contributed by atoms with Crippen LogP contribution in [-0.4, -0.2) is 12.7 Å². The lowest BCUT2D eigenvalue weighted by Crippen LogP contribution is -2.24. The molecule has 0 amide bonds. The second-order valence-electron chi connectivity index (χ2n) is 31.6. The van der Waals surface area contributed by atoms with Gasteiger partial charge in [-0.05, 0) is 317 Å². The van der Waals surface area contributed by atoms with Crippen molar-refractivity contribution in [3.8, 4) is 33.8 Å². The molecule has 0 N–H and O–H groups in total. The Hall–Kier alpha value is -6.47. The van der Waals surface area contributed by atoms with Gasteiger partial charge in [-0.1, -0.05) is 205 Å². The van der Waals surface area contributed by atoms with Gasteiger partial charge in [-0.3, -0.25) is 0 Å². The van der Waals surface area contributed by atoms with Crippen molar-refractivity contribution in [1.82, 2.24) is 0 Å². The third kappa shape index (κ3) is 27.8. The van der Waals surface area contributed by atoms with Crippen LogP contribution >= 0.6 is 34.8 Å². The Labute approximate surface area is 645 Å². The molecule has 15 heteroatoms. The number of ether oxygens (including phenoxy) is 2. The van der Waals surface area contributed by atoms with Gasteiger partial charge in [0.2, 0.25) is 0 Å². The highest BCUT2D eigenvalue weighted by atomic mass is 35.5. The molecule has 6 aliphatic carbocycles. The molecule has 0 bridgehead atoms. The lowest BCUT2D eigenvalue weighted by molar-refractivity contribution is -0.276. The molecule has 8 aromatic carbocycles. The summed E-state index contributed by atoms with van der Waals surface area (Å²) in [5.74, 6) is 6.68. The van der Waals surface area contributed by atoms with Crippen molar-refractivity contribution in [2.24, 2.45) is 47.3 Å². The maximum atomic E-state index is 13.9. The Kier molecular flexibility index (Phi) is 32.4. The first-order valence-corrected chi connectivity index (χ1v) is 40.2. The van der Waals surface area contributed by atoms with Crippen LogP contribution in [0.1, 0.15) is 239 Å². The average Bonchev–Trinajstić information content (AvgIpc) is 0.830. The normalized spacial score (nSPS) is 24.4. The minimum absolute atomic E-state index is 0.128. The van der Waals surface area contributed by atoms with Gasteiger partial charge in [0.25, 0.3) is 0 Å². The topological polar surface area (TPSA) is 18.5 Å². The maximum absolute atomic E-state index is 13.9. The van der Waals surface area contributed by atoms with Crippen LogP contribution in [0.3, 0.4) is 0 Å². The molecule has 8 aromatic rings. The van der Waals surface area contributed by atoms with E-state index in [2.05, 4.69) is 61.4 Å². The predicted molar refractivity (Wildman–Crippen MR) is 420 cm³/mol. The zero-order valence-electron chi connectivity index (χ0n) is 62.9. The van der Waals surface area contributed by atoms with Crippen molar-refractivity contribution >= 4 is 34.8 Å². The summed E-state index contributed by atoms with van der Waals surface area (Å²) in [7, 11) is 0. The van der Waals surface area contributed by atoms with Gasteiger partial charge in [-0.15, -0.1) is 26.3 Å². The molecule has 107 heavy (non-hydrogen) atoms. The molecular weight excluding hydrogens is 1430 g/mol. The lowest BCUT2D eigenvalue weighted by Gasteiger charge is -2.37. The SMILES string of the molecule is CC1CCC(C2CCC(c3ccc(OC(F)(F)F)c(F)c3)CC2)CC1.CC1CCC(C2CCC(c3ccc(OC(F)(F)F)cc3)CC2)CC1.CC1CCC(c2ccc(Cl)cc2)CC1.CC1CCC(c2ccc(Cl)cc2)CC1.Cc1ccc(-c2ccc(Cl)cc2)c(F)c1.Cc1ccc(-c2ccc(F)cc2)c(F)c1. The zero-order valence-corrected chi connectivity index (χ0v) is 65.1. The van der Waals surface area contributed by atoms with Gasteiger partial charge in [-0.25, -0.2) is 17.6 Å². The van der Waals surface area contributed by atoms with Crippen LogP contribution in [0.4, 0.5) is 43.9 Å². The van der Waals surface area contributed by atoms with Crippen LogP contribution in [0.25, 0.3) is 22.3 Å². The molecule has 0 aliphatic heterocycles. The van der Waals surface area contributed by atoms with Gasteiger partial charge >= 0.3 is 12.7 Å². The molecule has 0 radical (unpaired) electrons. The van der Waals surface area contributed by atoms with E-state index >= 15 is 0 Å². The van der Waals surface area contributed by atoms with Crippen LogP contribution in [0, 0.1) is 84.5 Å². The third-order valence-electron chi connectivity index (χ3n) is 23.5. The monoisotopic (exact) mass is 1540 g/mol. The maximum Gasteiger partial charge on any atom is 0.573 e. The Morgan fingerprint density at radius 2 is 0.570 bits per heavy atom. The molecular formula is C92H107Cl3F10O2. The first-order valence-electron chi connectivity index (χ1n) is 39.0. The molecule has 14 rings (SSSR count). The highest BCUT2D eigenvalue weighted by Gasteiger charge is 2.36. The summed E-state index contributed by atoms with van der Waals surface area (Å²) in [6.45, 7) is 13.1. The highest BCUT2D eigenvalue weighted by Crippen LogP contribution is 2.47.